The van der Waals surface area contributed by atoms with E-state index < -0.39 is 5.41 Å². The maximum Gasteiger partial charge on any atom is 0.227 e. The van der Waals surface area contributed by atoms with E-state index in [9.17, 15) is 4.79 Å². The molecule has 82 valence electrons. The van der Waals surface area contributed by atoms with E-state index in [-0.39, 0.29) is 5.91 Å². The molecule has 0 saturated heterocycles. The lowest BCUT2D eigenvalue weighted by Gasteiger charge is -2.22. The third-order valence-corrected chi connectivity index (χ3v) is 2.14. The van der Waals surface area contributed by atoms with Gasteiger partial charge in [-0.25, -0.2) is 9.97 Å². The molecule has 0 aliphatic carbocycles. The summed E-state index contributed by atoms with van der Waals surface area (Å²) in [5.41, 5.74) is -0.459. The van der Waals surface area contributed by atoms with Crippen LogP contribution in [-0.4, -0.2) is 29.5 Å². The van der Waals surface area contributed by atoms with Gasteiger partial charge in [-0.2, -0.15) is 0 Å². The molecule has 0 aliphatic rings. The van der Waals surface area contributed by atoms with Crippen LogP contribution in [0.5, 0.6) is 0 Å². The largest absolute Gasteiger partial charge is 0.369 e. The van der Waals surface area contributed by atoms with E-state index in [1.807, 2.05) is 13.8 Å². The molecular formula is C10H16N4O. The monoisotopic (exact) mass is 208 g/mol. The Balaban J connectivity index is 2.53. The minimum absolute atomic E-state index is 0.00376. The van der Waals surface area contributed by atoms with E-state index in [1.165, 1.54) is 6.33 Å². The molecule has 1 amide bonds. The lowest BCUT2D eigenvalue weighted by molar-refractivity contribution is -0.128. The standard InChI is InChI=1S/C10H16N4O/c1-10(2,9(15)11-3)6-13-8-4-5-12-7-14-8/h4-5,7H,6H2,1-3H3,(H,11,15)(H,12,13,14). The first-order chi connectivity index (χ1) is 7.06. The first-order valence-corrected chi connectivity index (χ1v) is 4.78. The van der Waals surface area contributed by atoms with Gasteiger partial charge in [0.1, 0.15) is 12.1 Å². The molecule has 0 radical (unpaired) electrons. The summed E-state index contributed by atoms with van der Waals surface area (Å²) in [6, 6.07) is 1.76. The summed E-state index contributed by atoms with van der Waals surface area (Å²) >= 11 is 0. The lowest BCUT2D eigenvalue weighted by atomic mass is 9.92. The van der Waals surface area contributed by atoms with Crippen molar-refractivity contribution in [2.45, 2.75) is 13.8 Å². The SMILES string of the molecule is CNC(=O)C(C)(C)CNc1ccncn1. The van der Waals surface area contributed by atoms with Crippen molar-refractivity contribution in [1.82, 2.24) is 15.3 Å². The molecule has 0 bridgehead atoms. The van der Waals surface area contributed by atoms with Crippen molar-refractivity contribution in [3.63, 3.8) is 0 Å². The van der Waals surface area contributed by atoms with E-state index in [1.54, 1.807) is 19.3 Å². The van der Waals surface area contributed by atoms with Crippen LogP contribution in [0.25, 0.3) is 0 Å². The molecule has 5 heteroatoms. The highest BCUT2D eigenvalue weighted by Gasteiger charge is 2.26. The predicted octanol–water partition coefficient (Wildman–Crippen LogP) is 0.661. The van der Waals surface area contributed by atoms with E-state index in [2.05, 4.69) is 20.6 Å². The summed E-state index contributed by atoms with van der Waals surface area (Å²) in [6.07, 6.45) is 3.12. The Labute approximate surface area is 89.3 Å². The molecular weight excluding hydrogens is 192 g/mol. The first kappa shape index (κ1) is 11.4. The molecule has 5 nitrogen and oxygen atoms in total. The van der Waals surface area contributed by atoms with E-state index >= 15 is 0 Å². The normalized spacial score (nSPS) is 10.9. The quantitative estimate of drug-likeness (QED) is 0.762. The Hall–Kier alpha value is -1.65. The highest BCUT2D eigenvalue weighted by atomic mass is 16.2. The molecule has 0 atom stereocenters. The fourth-order valence-corrected chi connectivity index (χ4v) is 1.13. The summed E-state index contributed by atoms with van der Waals surface area (Å²) in [4.78, 5) is 19.3. The van der Waals surface area contributed by atoms with Gasteiger partial charge in [0.2, 0.25) is 5.91 Å². The number of aromatic nitrogens is 2. The lowest BCUT2D eigenvalue weighted by Crippen LogP contribution is -2.39. The smallest absolute Gasteiger partial charge is 0.227 e. The molecule has 0 fully saturated rings. The predicted molar refractivity (Wildman–Crippen MR) is 58.4 cm³/mol. The number of rotatable bonds is 4. The molecule has 1 rings (SSSR count). The van der Waals surface area contributed by atoms with Crippen LogP contribution < -0.4 is 10.6 Å². The Bertz CT molecular complexity index is 323. The second-order valence-electron chi connectivity index (χ2n) is 3.91. The van der Waals surface area contributed by atoms with E-state index in [4.69, 9.17) is 0 Å². The highest BCUT2D eigenvalue weighted by Crippen LogP contribution is 2.15. The number of amides is 1. The Morgan fingerprint density at radius 2 is 2.27 bits per heavy atom. The van der Waals surface area contributed by atoms with Gasteiger partial charge in [-0.3, -0.25) is 4.79 Å². The van der Waals surface area contributed by atoms with Gasteiger partial charge < -0.3 is 10.6 Å². The minimum atomic E-state index is -0.459. The average molecular weight is 208 g/mol. The number of hydrogen-bond acceptors (Lipinski definition) is 4. The summed E-state index contributed by atoms with van der Waals surface area (Å²) in [7, 11) is 1.63. The number of carbonyl (C=O) groups excluding carboxylic acids is 1. The fourth-order valence-electron chi connectivity index (χ4n) is 1.13. The second kappa shape index (κ2) is 4.72. The zero-order valence-corrected chi connectivity index (χ0v) is 9.24. The highest BCUT2D eigenvalue weighted by molar-refractivity contribution is 5.82. The number of hydrogen-bond donors (Lipinski definition) is 2. The second-order valence-corrected chi connectivity index (χ2v) is 3.91. The third kappa shape index (κ3) is 3.19. The van der Waals surface area contributed by atoms with Gasteiger partial charge >= 0.3 is 0 Å². The van der Waals surface area contributed by atoms with Crippen LogP contribution in [-0.2, 0) is 4.79 Å². The van der Waals surface area contributed by atoms with Crippen LogP contribution in [0.2, 0.25) is 0 Å². The zero-order valence-electron chi connectivity index (χ0n) is 9.24. The van der Waals surface area contributed by atoms with Crippen molar-refractivity contribution >= 4 is 11.7 Å². The van der Waals surface area contributed by atoms with Gasteiger partial charge in [0, 0.05) is 19.8 Å². The molecule has 0 aromatic carbocycles. The van der Waals surface area contributed by atoms with Crippen molar-refractivity contribution in [3.8, 4) is 0 Å². The molecule has 0 aliphatic heterocycles. The van der Waals surface area contributed by atoms with Crippen molar-refractivity contribution < 1.29 is 4.79 Å². The van der Waals surface area contributed by atoms with E-state index in [0.29, 0.717) is 6.54 Å². The maximum absolute atomic E-state index is 11.5. The van der Waals surface area contributed by atoms with Gasteiger partial charge in [-0.1, -0.05) is 0 Å². The summed E-state index contributed by atoms with van der Waals surface area (Å²) in [5, 5.41) is 5.72. The molecule has 2 N–H and O–H groups in total. The molecule has 1 aromatic rings. The van der Waals surface area contributed by atoms with Crippen molar-refractivity contribution in [2.75, 3.05) is 18.9 Å². The fraction of sp³-hybridized carbons (Fsp3) is 0.500. The zero-order chi connectivity index (χ0) is 11.3. The van der Waals surface area contributed by atoms with Gasteiger partial charge in [0.15, 0.2) is 0 Å². The van der Waals surface area contributed by atoms with Crippen LogP contribution in [0.4, 0.5) is 5.82 Å². The van der Waals surface area contributed by atoms with Gasteiger partial charge in [-0.05, 0) is 19.9 Å². The van der Waals surface area contributed by atoms with Gasteiger partial charge in [0.25, 0.3) is 0 Å². The maximum atomic E-state index is 11.5. The number of nitrogens with zero attached hydrogens (tertiary/aromatic N) is 2. The number of nitrogens with one attached hydrogen (secondary N) is 2. The van der Waals surface area contributed by atoms with Crippen molar-refractivity contribution in [2.24, 2.45) is 5.41 Å². The van der Waals surface area contributed by atoms with Crippen LogP contribution in [0.3, 0.4) is 0 Å². The van der Waals surface area contributed by atoms with Crippen molar-refractivity contribution in [1.29, 1.82) is 0 Å². The number of carbonyl (C=O) groups is 1. The van der Waals surface area contributed by atoms with Crippen LogP contribution in [0.1, 0.15) is 13.8 Å². The van der Waals surface area contributed by atoms with Gasteiger partial charge in [-0.15, -0.1) is 0 Å². The molecule has 1 aromatic heterocycles. The van der Waals surface area contributed by atoms with Crippen molar-refractivity contribution in [3.05, 3.63) is 18.6 Å². The third-order valence-electron chi connectivity index (χ3n) is 2.14. The summed E-state index contributed by atoms with van der Waals surface area (Å²) in [6.45, 7) is 4.28. The molecule has 1 heterocycles. The summed E-state index contributed by atoms with van der Waals surface area (Å²) in [5.74, 6) is 0.728. The van der Waals surface area contributed by atoms with E-state index in [0.717, 1.165) is 5.82 Å². The van der Waals surface area contributed by atoms with Crippen LogP contribution >= 0.6 is 0 Å². The Kier molecular flexibility index (Phi) is 3.60. The Morgan fingerprint density at radius 1 is 1.53 bits per heavy atom. The molecule has 0 saturated carbocycles. The first-order valence-electron chi connectivity index (χ1n) is 4.78. The minimum Gasteiger partial charge on any atom is -0.369 e. The average Bonchev–Trinajstić information content (AvgIpc) is 2.27. The van der Waals surface area contributed by atoms with Gasteiger partial charge in [0.05, 0.1) is 5.41 Å². The van der Waals surface area contributed by atoms with Crippen LogP contribution in [0, 0.1) is 5.41 Å². The molecule has 0 unspecified atom stereocenters. The number of anilines is 1. The van der Waals surface area contributed by atoms with Crippen LogP contribution in [0.15, 0.2) is 18.6 Å². The topological polar surface area (TPSA) is 66.9 Å². The summed E-state index contributed by atoms with van der Waals surface area (Å²) < 4.78 is 0. The Morgan fingerprint density at radius 3 is 2.80 bits per heavy atom. The molecule has 0 spiro atoms. The molecule has 15 heavy (non-hydrogen) atoms.